The number of phenolic OH excluding ortho intramolecular Hbond substituents is 1. The highest BCUT2D eigenvalue weighted by Gasteiger charge is 2.33. The molecule has 3 aromatic rings. The number of nitro groups is 1. The third-order valence-corrected chi connectivity index (χ3v) is 5.02. The molecule has 3 aromatic carbocycles. The number of nitrogens with zero attached hydrogens (tertiary/aromatic N) is 2. The zero-order valence-electron chi connectivity index (χ0n) is 15.5. The quantitative estimate of drug-likeness (QED) is 0.506. The van der Waals surface area contributed by atoms with Crippen molar-refractivity contribution in [3.05, 3.63) is 99.6 Å². The van der Waals surface area contributed by atoms with E-state index >= 15 is 0 Å². The maximum Gasteiger partial charge on any atom is 0.311 e. The van der Waals surface area contributed by atoms with E-state index in [9.17, 15) is 20.0 Å². The second kappa shape index (κ2) is 7.63. The Morgan fingerprint density at radius 3 is 2.52 bits per heavy atom. The summed E-state index contributed by atoms with van der Waals surface area (Å²) in [6, 6.07) is 21.2. The average molecular weight is 389 g/mol. The van der Waals surface area contributed by atoms with Gasteiger partial charge in [-0.05, 0) is 30.2 Å². The maximum atomic E-state index is 13.2. The van der Waals surface area contributed by atoms with Gasteiger partial charge in [-0.2, -0.15) is 0 Å². The van der Waals surface area contributed by atoms with Gasteiger partial charge in [0.15, 0.2) is 5.75 Å². The lowest BCUT2D eigenvalue weighted by Crippen LogP contribution is -2.44. The van der Waals surface area contributed by atoms with E-state index in [0.29, 0.717) is 29.8 Å². The molecule has 0 saturated carbocycles. The molecule has 7 heteroatoms. The number of nitrogens with one attached hydrogen (secondary N) is 1. The van der Waals surface area contributed by atoms with Crippen LogP contribution in [0, 0.1) is 10.1 Å². The van der Waals surface area contributed by atoms with Gasteiger partial charge >= 0.3 is 5.69 Å². The van der Waals surface area contributed by atoms with Crippen LogP contribution in [0.5, 0.6) is 5.75 Å². The number of anilines is 1. The predicted octanol–water partition coefficient (Wildman–Crippen LogP) is 4.11. The molecule has 0 fully saturated rings. The summed E-state index contributed by atoms with van der Waals surface area (Å²) in [6.45, 7) is 0.434. The van der Waals surface area contributed by atoms with E-state index in [1.165, 1.54) is 12.1 Å². The Morgan fingerprint density at radius 2 is 1.76 bits per heavy atom. The number of rotatable bonds is 5. The number of hydrogen-bond acceptors (Lipinski definition) is 5. The molecule has 146 valence electrons. The standard InChI is InChI=1S/C22H19N3O4/c26-20-11-10-16(14-19(20)25(28)29)21-23-18-9-5-4-8-17(18)22(27)24(21)13-12-15-6-2-1-3-7-15/h1-11,14,21,23,26H,12-13H2. The summed E-state index contributed by atoms with van der Waals surface area (Å²) in [4.78, 5) is 25.5. The van der Waals surface area contributed by atoms with Crippen LogP contribution < -0.4 is 5.32 Å². The lowest BCUT2D eigenvalue weighted by molar-refractivity contribution is -0.385. The van der Waals surface area contributed by atoms with Gasteiger partial charge in [-0.25, -0.2) is 0 Å². The fourth-order valence-electron chi connectivity index (χ4n) is 3.54. The number of para-hydroxylation sites is 1. The summed E-state index contributed by atoms with van der Waals surface area (Å²) < 4.78 is 0. The largest absolute Gasteiger partial charge is 0.502 e. The van der Waals surface area contributed by atoms with Crippen LogP contribution in [0.2, 0.25) is 0 Å². The highest BCUT2D eigenvalue weighted by molar-refractivity contribution is 6.01. The lowest BCUT2D eigenvalue weighted by Gasteiger charge is -2.38. The molecule has 7 nitrogen and oxygen atoms in total. The lowest BCUT2D eigenvalue weighted by atomic mass is 10.0. The van der Waals surface area contributed by atoms with Crippen LogP contribution in [0.25, 0.3) is 0 Å². The van der Waals surface area contributed by atoms with Crippen molar-refractivity contribution in [2.45, 2.75) is 12.6 Å². The number of phenols is 1. The zero-order chi connectivity index (χ0) is 20.4. The first-order valence-electron chi connectivity index (χ1n) is 9.22. The molecule has 0 bridgehead atoms. The molecule has 0 aliphatic carbocycles. The number of carbonyl (C=O) groups is 1. The van der Waals surface area contributed by atoms with Gasteiger partial charge in [0.2, 0.25) is 0 Å². The summed E-state index contributed by atoms with van der Waals surface area (Å²) in [5, 5.41) is 24.4. The van der Waals surface area contributed by atoms with Crippen LogP contribution in [0.1, 0.15) is 27.7 Å². The third kappa shape index (κ3) is 3.62. The topological polar surface area (TPSA) is 95.7 Å². The number of carbonyl (C=O) groups excluding carboxylic acids is 1. The van der Waals surface area contributed by atoms with Crippen LogP contribution in [-0.2, 0) is 6.42 Å². The van der Waals surface area contributed by atoms with Gasteiger partial charge in [-0.1, -0.05) is 48.5 Å². The van der Waals surface area contributed by atoms with Crippen molar-refractivity contribution < 1.29 is 14.8 Å². The Balaban J connectivity index is 1.71. The number of benzene rings is 3. The van der Waals surface area contributed by atoms with Crippen molar-refractivity contribution in [3.63, 3.8) is 0 Å². The van der Waals surface area contributed by atoms with Crippen LogP contribution in [0.15, 0.2) is 72.8 Å². The Labute approximate surface area is 167 Å². The Bertz CT molecular complexity index is 1070. The molecule has 0 saturated heterocycles. The maximum absolute atomic E-state index is 13.2. The summed E-state index contributed by atoms with van der Waals surface area (Å²) >= 11 is 0. The highest BCUT2D eigenvalue weighted by Crippen LogP contribution is 2.36. The van der Waals surface area contributed by atoms with E-state index < -0.39 is 22.5 Å². The molecule has 1 aliphatic rings. The number of fused-ring (bicyclic) bond motifs is 1. The molecule has 2 N–H and O–H groups in total. The Hall–Kier alpha value is -3.87. The summed E-state index contributed by atoms with van der Waals surface area (Å²) in [7, 11) is 0. The molecule has 1 aliphatic heterocycles. The molecular weight excluding hydrogens is 370 g/mol. The van der Waals surface area contributed by atoms with Gasteiger partial charge in [0.1, 0.15) is 6.17 Å². The number of hydrogen-bond donors (Lipinski definition) is 2. The molecule has 4 rings (SSSR count). The first kappa shape index (κ1) is 18.5. The molecule has 0 aromatic heterocycles. The minimum absolute atomic E-state index is 0.143. The van der Waals surface area contributed by atoms with Gasteiger partial charge in [0.25, 0.3) is 5.91 Å². The van der Waals surface area contributed by atoms with Crippen LogP contribution in [0.3, 0.4) is 0 Å². The van der Waals surface area contributed by atoms with Crippen molar-refractivity contribution in [2.75, 3.05) is 11.9 Å². The van der Waals surface area contributed by atoms with Crippen LogP contribution in [-0.4, -0.2) is 27.4 Å². The summed E-state index contributed by atoms with van der Waals surface area (Å²) in [6.07, 6.45) is 0.0630. The van der Waals surface area contributed by atoms with E-state index in [4.69, 9.17) is 0 Å². The van der Waals surface area contributed by atoms with Gasteiger partial charge in [-0.15, -0.1) is 0 Å². The van der Waals surface area contributed by atoms with Crippen molar-refractivity contribution in [1.82, 2.24) is 4.90 Å². The van der Waals surface area contributed by atoms with Crippen molar-refractivity contribution in [2.24, 2.45) is 0 Å². The number of nitro benzene ring substituents is 1. The second-order valence-electron chi connectivity index (χ2n) is 6.83. The van der Waals surface area contributed by atoms with E-state index in [0.717, 1.165) is 5.56 Å². The van der Waals surface area contributed by atoms with E-state index in [1.54, 1.807) is 23.1 Å². The first-order chi connectivity index (χ1) is 14.0. The van der Waals surface area contributed by atoms with Crippen molar-refractivity contribution >= 4 is 17.3 Å². The fraction of sp³-hybridized carbons (Fsp3) is 0.136. The van der Waals surface area contributed by atoms with Crippen LogP contribution in [0.4, 0.5) is 11.4 Å². The SMILES string of the molecule is O=C1c2ccccc2NC(c2ccc(O)c([N+](=O)[O-])c2)N1CCc1ccccc1. The van der Waals surface area contributed by atoms with E-state index in [-0.39, 0.29) is 5.91 Å². The monoisotopic (exact) mass is 389 g/mol. The van der Waals surface area contributed by atoms with Crippen LogP contribution >= 0.6 is 0 Å². The molecule has 1 heterocycles. The van der Waals surface area contributed by atoms with Gasteiger partial charge in [0.05, 0.1) is 10.5 Å². The molecule has 0 radical (unpaired) electrons. The number of aromatic hydroxyl groups is 1. The zero-order valence-corrected chi connectivity index (χ0v) is 15.5. The Kier molecular flexibility index (Phi) is 4.87. The second-order valence-corrected chi connectivity index (χ2v) is 6.83. The molecular formula is C22H19N3O4. The molecule has 29 heavy (non-hydrogen) atoms. The van der Waals surface area contributed by atoms with Crippen molar-refractivity contribution in [1.29, 1.82) is 0 Å². The number of amides is 1. The van der Waals surface area contributed by atoms with Crippen molar-refractivity contribution in [3.8, 4) is 5.75 Å². The minimum atomic E-state index is -0.633. The molecule has 1 unspecified atom stereocenters. The smallest absolute Gasteiger partial charge is 0.311 e. The Morgan fingerprint density at radius 1 is 1.03 bits per heavy atom. The minimum Gasteiger partial charge on any atom is -0.502 e. The molecule has 1 atom stereocenters. The molecule has 1 amide bonds. The average Bonchev–Trinajstić information content (AvgIpc) is 2.74. The van der Waals surface area contributed by atoms with Gasteiger partial charge in [0, 0.05) is 23.9 Å². The summed E-state index contributed by atoms with van der Waals surface area (Å²) in [5.74, 6) is -0.548. The molecule has 0 spiro atoms. The summed E-state index contributed by atoms with van der Waals surface area (Å²) in [5.41, 5.74) is 2.47. The first-order valence-corrected chi connectivity index (χ1v) is 9.22. The fourth-order valence-corrected chi connectivity index (χ4v) is 3.54. The third-order valence-electron chi connectivity index (χ3n) is 5.02. The van der Waals surface area contributed by atoms with Gasteiger partial charge in [-0.3, -0.25) is 14.9 Å². The van der Waals surface area contributed by atoms with Gasteiger partial charge < -0.3 is 15.3 Å². The predicted molar refractivity (Wildman–Crippen MR) is 109 cm³/mol. The van der Waals surface area contributed by atoms with E-state index in [2.05, 4.69) is 5.32 Å². The van der Waals surface area contributed by atoms with E-state index in [1.807, 2.05) is 42.5 Å². The highest BCUT2D eigenvalue weighted by atomic mass is 16.6. The normalized spacial score (nSPS) is 15.5.